The minimum Gasteiger partial charge on any atom is -0.456 e. The van der Waals surface area contributed by atoms with Gasteiger partial charge in [0.2, 0.25) is 0 Å². The highest BCUT2D eigenvalue weighted by atomic mass is 16.3. The van der Waals surface area contributed by atoms with E-state index in [-0.39, 0.29) is 0 Å². The number of hydrogen-bond donors (Lipinski definition) is 0. The van der Waals surface area contributed by atoms with Crippen molar-refractivity contribution in [1.82, 2.24) is 4.57 Å². The molecule has 268 valence electrons. The molecule has 0 radical (unpaired) electrons. The molecule has 0 aliphatic heterocycles. The van der Waals surface area contributed by atoms with Crippen LogP contribution in [0.25, 0.3) is 82.8 Å². The fourth-order valence-corrected chi connectivity index (χ4v) is 8.40. The van der Waals surface area contributed by atoms with Crippen LogP contribution in [-0.2, 0) is 0 Å². The molecule has 0 spiro atoms. The van der Waals surface area contributed by atoms with Crippen molar-refractivity contribution in [3.05, 3.63) is 218 Å². The van der Waals surface area contributed by atoms with Crippen LogP contribution < -0.4 is 4.90 Å². The first-order valence-electron chi connectivity index (χ1n) is 19.4. The molecular formula is C54H36N2O. The molecule has 11 rings (SSSR count). The Hall–Kier alpha value is -7.62. The summed E-state index contributed by atoms with van der Waals surface area (Å²) in [4.78, 5) is 2.33. The van der Waals surface area contributed by atoms with Crippen LogP contribution in [0.2, 0.25) is 0 Å². The van der Waals surface area contributed by atoms with Crippen LogP contribution in [0.4, 0.5) is 17.1 Å². The van der Waals surface area contributed by atoms with E-state index >= 15 is 0 Å². The van der Waals surface area contributed by atoms with Crippen molar-refractivity contribution in [3.63, 3.8) is 0 Å². The standard InChI is InChI=1S/C54H36N2O/c1-3-11-37(12-4-1)39-19-26-43(27-20-39)55(46-32-34-54-50(36-46)48-16-8-10-18-53(48)57-54)44-28-23-41(24-29-44)42-25-33-52-49(35-42)47-15-7-9-17-51(47)56(52)45-30-21-40(22-31-45)38-13-5-2-6-14-38/h1-36H. The lowest BCUT2D eigenvalue weighted by molar-refractivity contribution is 0.669. The van der Waals surface area contributed by atoms with Gasteiger partial charge >= 0.3 is 0 Å². The van der Waals surface area contributed by atoms with Gasteiger partial charge in [-0.2, -0.15) is 0 Å². The topological polar surface area (TPSA) is 21.3 Å². The van der Waals surface area contributed by atoms with Gasteiger partial charge < -0.3 is 13.9 Å². The normalized spacial score (nSPS) is 11.5. The summed E-state index contributed by atoms with van der Waals surface area (Å²) >= 11 is 0. The number of hydrogen-bond acceptors (Lipinski definition) is 2. The van der Waals surface area contributed by atoms with Gasteiger partial charge in [-0.3, -0.25) is 0 Å². The van der Waals surface area contributed by atoms with Crippen molar-refractivity contribution in [2.75, 3.05) is 4.90 Å². The molecule has 11 aromatic rings. The predicted molar refractivity (Wildman–Crippen MR) is 239 cm³/mol. The lowest BCUT2D eigenvalue weighted by Gasteiger charge is -2.26. The van der Waals surface area contributed by atoms with Crippen LogP contribution in [0, 0.1) is 0 Å². The Morgan fingerprint density at radius 2 is 0.772 bits per heavy atom. The fourth-order valence-electron chi connectivity index (χ4n) is 8.40. The number of anilines is 3. The van der Waals surface area contributed by atoms with E-state index in [0.717, 1.165) is 44.7 Å². The van der Waals surface area contributed by atoms with Gasteiger partial charge in [-0.1, -0.05) is 140 Å². The van der Waals surface area contributed by atoms with E-state index in [1.54, 1.807) is 0 Å². The molecule has 0 saturated carbocycles. The number of furan rings is 1. The SMILES string of the molecule is c1ccc(-c2ccc(N(c3ccc(-c4ccc5c(c4)c4ccccc4n5-c4ccc(-c5ccccc5)cc4)cc3)c3ccc4oc5ccccc5c4c3)cc2)cc1. The summed E-state index contributed by atoms with van der Waals surface area (Å²) < 4.78 is 8.60. The van der Waals surface area contributed by atoms with Crippen molar-refractivity contribution < 1.29 is 4.42 Å². The van der Waals surface area contributed by atoms with Crippen molar-refractivity contribution in [3.8, 4) is 39.1 Å². The van der Waals surface area contributed by atoms with Gasteiger partial charge in [0.05, 0.1) is 11.0 Å². The number of benzene rings is 9. The van der Waals surface area contributed by atoms with Gasteiger partial charge in [0.15, 0.2) is 0 Å². The summed E-state index contributed by atoms with van der Waals surface area (Å²) in [5.74, 6) is 0. The van der Waals surface area contributed by atoms with E-state index in [1.165, 1.54) is 55.2 Å². The highest BCUT2D eigenvalue weighted by molar-refractivity contribution is 6.10. The lowest BCUT2D eigenvalue weighted by atomic mass is 10.0. The maximum atomic E-state index is 6.21. The molecule has 57 heavy (non-hydrogen) atoms. The maximum Gasteiger partial charge on any atom is 0.135 e. The Kier molecular flexibility index (Phi) is 7.82. The smallest absolute Gasteiger partial charge is 0.135 e. The number of fused-ring (bicyclic) bond motifs is 6. The summed E-state index contributed by atoms with van der Waals surface area (Å²) in [6.45, 7) is 0. The molecule has 0 atom stereocenters. The lowest BCUT2D eigenvalue weighted by Crippen LogP contribution is -2.09. The Morgan fingerprint density at radius 3 is 1.44 bits per heavy atom. The molecule has 0 unspecified atom stereocenters. The Labute approximate surface area is 330 Å². The van der Waals surface area contributed by atoms with Gasteiger partial charge in [0.25, 0.3) is 0 Å². The molecule has 0 bridgehead atoms. The molecule has 0 fully saturated rings. The van der Waals surface area contributed by atoms with Crippen LogP contribution in [0.15, 0.2) is 223 Å². The van der Waals surface area contributed by atoms with Crippen molar-refractivity contribution in [1.29, 1.82) is 0 Å². The minimum absolute atomic E-state index is 0.885. The minimum atomic E-state index is 0.885. The summed E-state index contributed by atoms with van der Waals surface area (Å²) in [7, 11) is 0. The molecule has 0 aliphatic carbocycles. The first kappa shape index (κ1) is 32.8. The van der Waals surface area contributed by atoms with Crippen LogP contribution in [0.1, 0.15) is 0 Å². The van der Waals surface area contributed by atoms with Crippen molar-refractivity contribution in [2.45, 2.75) is 0 Å². The van der Waals surface area contributed by atoms with Crippen molar-refractivity contribution in [2.24, 2.45) is 0 Å². The molecule has 3 nitrogen and oxygen atoms in total. The zero-order valence-electron chi connectivity index (χ0n) is 31.1. The third-order valence-corrected chi connectivity index (χ3v) is 11.2. The maximum absolute atomic E-state index is 6.21. The van der Waals surface area contributed by atoms with Gasteiger partial charge in [0, 0.05) is 44.3 Å². The van der Waals surface area contributed by atoms with Gasteiger partial charge in [0.1, 0.15) is 11.2 Å². The second kappa shape index (κ2) is 13.6. The van der Waals surface area contributed by atoms with Crippen LogP contribution >= 0.6 is 0 Å². The summed E-state index contributed by atoms with van der Waals surface area (Å²) in [6.07, 6.45) is 0. The molecular weight excluding hydrogens is 693 g/mol. The molecule has 2 heterocycles. The Balaban J connectivity index is 0.982. The van der Waals surface area contributed by atoms with Gasteiger partial charge in [-0.25, -0.2) is 0 Å². The van der Waals surface area contributed by atoms with E-state index in [2.05, 4.69) is 216 Å². The van der Waals surface area contributed by atoms with E-state index in [0.29, 0.717) is 0 Å². The fraction of sp³-hybridized carbons (Fsp3) is 0. The molecule has 0 amide bonds. The molecule has 9 aromatic carbocycles. The average Bonchev–Trinajstić information content (AvgIpc) is 3.83. The summed E-state index contributed by atoms with van der Waals surface area (Å²) in [5, 5.41) is 4.70. The van der Waals surface area contributed by atoms with E-state index < -0.39 is 0 Å². The average molecular weight is 729 g/mol. The number of rotatable bonds is 7. The van der Waals surface area contributed by atoms with E-state index in [4.69, 9.17) is 4.42 Å². The highest BCUT2D eigenvalue weighted by Gasteiger charge is 2.17. The molecule has 3 heteroatoms. The van der Waals surface area contributed by atoms with E-state index in [9.17, 15) is 0 Å². The summed E-state index contributed by atoms with van der Waals surface area (Å²) in [5.41, 5.74) is 15.7. The Morgan fingerprint density at radius 1 is 0.298 bits per heavy atom. The number of nitrogens with zero attached hydrogens (tertiary/aromatic N) is 2. The zero-order chi connectivity index (χ0) is 37.7. The van der Waals surface area contributed by atoms with Crippen LogP contribution in [0.5, 0.6) is 0 Å². The third kappa shape index (κ3) is 5.76. The molecule has 0 saturated heterocycles. The van der Waals surface area contributed by atoms with Crippen LogP contribution in [-0.4, -0.2) is 4.57 Å². The molecule has 2 aromatic heterocycles. The largest absolute Gasteiger partial charge is 0.456 e. The number of para-hydroxylation sites is 2. The Bertz CT molecular complexity index is 3200. The third-order valence-electron chi connectivity index (χ3n) is 11.2. The van der Waals surface area contributed by atoms with E-state index in [1.807, 2.05) is 12.1 Å². The quantitative estimate of drug-likeness (QED) is 0.163. The zero-order valence-corrected chi connectivity index (χ0v) is 31.1. The second-order valence-electron chi connectivity index (χ2n) is 14.6. The predicted octanol–water partition coefficient (Wildman–Crippen LogP) is 15.2. The van der Waals surface area contributed by atoms with Crippen LogP contribution in [0.3, 0.4) is 0 Å². The molecule has 0 N–H and O–H groups in total. The number of aromatic nitrogens is 1. The molecule has 0 aliphatic rings. The first-order valence-corrected chi connectivity index (χ1v) is 19.4. The highest BCUT2D eigenvalue weighted by Crippen LogP contribution is 2.41. The summed E-state index contributed by atoms with van der Waals surface area (Å²) in [6, 6.07) is 78.2. The second-order valence-corrected chi connectivity index (χ2v) is 14.6. The van der Waals surface area contributed by atoms with Gasteiger partial charge in [-0.15, -0.1) is 0 Å². The van der Waals surface area contributed by atoms with Crippen molar-refractivity contribution >= 4 is 60.8 Å². The first-order chi connectivity index (χ1) is 28.2. The monoisotopic (exact) mass is 728 g/mol. The van der Waals surface area contributed by atoms with Gasteiger partial charge in [-0.05, 0) is 112 Å².